The molecule has 0 spiro atoms. The maximum atomic E-state index is 11.6. The molecule has 0 fully saturated rings. The van der Waals surface area contributed by atoms with E-state index in [-0.39, 0.29) is 4.90 Å². The average Bonchev–Trinajstić information content (AvgIpc) is 1.99. The van der Waals surface area contributed by atoms with Crippen molar-refractivity contribution in [2.24, 2.45) is 15.9 Å². The lowest BCUT2D eigenvalue weighted by Crippen LogP contribution is -2.24. The third-order valence-electron chi connectivity index (χ3n) is 1.70. The molecule has 1 aromatic carbocycles. The molecule has 0 aromatic heterocycles. The van der Waals surface area contributed by atoms with E-state index < -0.39 is 16.0 Å². The van der Waals surface area contributed by atoms with Gasteiger partial charge < -0.3 is 17.2 Å². The minimum Gasteiger partial charge on any atom is -0.399 e. The minimum atomic E-state index is -3.82. The fraction of sp³-hybridized carbons (Fsp3) is 0.125. The minimum absolute atomic E-state index is 0.0464. The van der Waals surface area contributed by atoms with Crippen LogP contribution >= 0.6 is 0 Å². The third kappa shape index (κ3) is 2.59. The van der Waals surface area contributed by atoms with Crippen LogP contribution in [0, 0.1) is 6.92 Å². The van der Waals surface area contributed by atoms with Crippen molar-refractivity contribution in [2.45, 2.75) is 11.8 Å². The molecule has 15 heavy (non-hydrogen) atoms. The number of nitrogens with zero attached hydrogens (tertiary/aromatic N) is 1. The van der Waals surface area contributed by atoms with Gasteiger partial charge in [0.05, 0.1) is 4.90 Å². The van der Waals surface area contributed by atoms with E-state index in [1.807, 2.05) is 0 Å². The smallest absolute Gasteiger partial charge is 0.285 e. The molecule has 1 aromatic rings. The van der Waals surface area contributed by atoms with Gasteiger partial charge in [0.1, 0.15) is 0 Å². The van der Waals surface area contributed by atoms with Gasteiger partial charge in [-0.2, -0.15) is 8.42 Å². The van der Waals surface area contributed by atoms with Crippen LogP contribution < -0.4 is 17.2 Å². The van der Waals surface area contributed by atoms with E-state index in [2.05, 4.69) is 4.40 Å². The number of nitrogens with two attached hydrogens (primary N) is 3. The Kier molecular flexibility index (Phi) is 2.85. The molecule has 0 aliphatic heterocycles. The highest BCUT2D eigenvalue weighted by molar-refractivity contribution is 7.90. The lowest BCUT2D eigenvalue weighted by atomic mass is 10.2. The summed E-state index contributed by atoms with van der Waals surface area (Å²) in [6.07, 6.45) is 0. The van der Waals surface area contributed by atoms with Crippen LogP contribution in [0.5, 0.6) is 0 Å². The second kappa shape index (κ2) is 3.77. The summed E-state index contributed by atoms with van der Waals surface area (Å²) in [4.78, 5) is 0.0464. The molecular weight excluding hydrogens is 216 g/mol. The summed E-state index contributed by atoms with van der Waals surface area (Å²) in [5.74, 6) is -0.494. The Morgan fingerprint density at radius 2 is 1.93 bits per heavy atom. The van der Waals surface area contributed by atoms with E-state index in [0.29, 0.717) is 11.3 Å². The highest BCUT2D eigenvalue weighted by Crippen LogP contribution is 2.19. The summed E-state index contributed by atoms with van der Waals surface area (Å²) < 4.78 is 26.3. The number of rotatable bonds is 2. The molecular formula is C8H12N4O2S. The van der Waals surface area contributed by atoms with Crippen LogP contribution in [0.15, 0.2) is 27.5 Å². The van der Waals surface area contributed by atoms with Crippen LogP contribution in [0.3, 0.4) is 0 Å². The summed E-state index contributed by atoms with van der Waals surface area (Å²) in [6.45, 7) is 1.62. The lowest BCUT2D eigenvalue weighted by Gasteiger charge is -2.04. The van der Waals surface area contributed by atoms with Crippen molar-refractivity contribution in [3.05, 3.63) is 23.8 Å². The Morgan fingerprint density at radius 3 is 2.40 bits per heavy atom. The summed E-state index contributed by atoms with van der Waals surface area (Å²) in [5, 5.41) is 0. The molecule has 0 unspecified atom stereocenters. The van der Waals surface area contributed by atoms with E-state index >= 15 is 0 Å². The molecule has 0 heterocycles. The number of anilines is 1. The molecule has 6 nitrogen and oxygen atoms in total. The van der Waals surface area contributed by atoms with Crippen LogP contribution in [0.1, 0.15) is 5.56 Å². The van der Waals surface area contributed by atoms with Gasteiger partial charge in [0, 0.05) is 5.69 Å². The molecule has 0 bridgehead atoms. The monoisotopic (exact) mass is 228 g/mol. The number of nitrogen functional groups attached to an aromatic ring is 1. The van der Waals surface area contributed by atoms with Crippen molar-refractivity contribution >= 4 is 21.7 Å². The Labute approximate surface area is 87.8 Å². The molecule has 1 rings (SSSR count). The molecule has 0 amide bonds. The fourth-order valence-corrected chi connectivity index (χ4v) is 2.23. The summed E-state index contributed by atoms with van der Waals surface area (Å²) in [6, 6.07) is 4.38. The van der Waals surface area contributed by atoms with Gasteiger partial charge in [0.2, 0.25) is 5.96 Å². The van der Waals surface area contributed by atoms with Gasteiger partial charge in [-0.1, -0.05) is 0 Å². The van der Waals surface area contributed by atoms with Gasteiger partial charge in [0.15, 0.2) is 0 Å². The van der Waals surface area contributed by atoms with Crippen molar-refractivity contribution in [3.8, 4) is 0 Å². The second-order valence-corrected chi connectivity index (χ2v) is 4.59. The van der Waals surface area contributed by atoms with Crippen LogP contribution in [0.25, 0.3) is 0 Å². The normalized spacial score (nSPS) is 11.0. The van der Waals surface area contributed by atoms with E-state index in [0.717, 1.165) is 0 Å². The Bertz CT molecular complexity index is 503. The van der Waals surface area contributed by atoms with Crippen LogP contribution in [0.2, 0.25) is 0 Å². The molecule has 0 aliphatic carbocycles. The highest BCUT2D eigenvalue weighted by Gasteiger charge is 2.15. The van der Waals surface area contributed by atoms with E-state index in [1.165, 1.54) is 18.2 Å². The number of hydrogen-bond acceptors (Lipinski definition) is 3. The van der Waals surface area contributed by atoms with Gasteiger partial charge in [-0.15, -0.1) is 4.40 Å². The molecule has 0 radical (unpaired) electrons. The zero-order valence-electron chi connectivity index (χ0n) is 8.14. The number of guanidine groups is 1. The molecule has 82 valence electrons. The van der Waals surface area contributed by atoms with Crippen molar-refractivity contribution in [3.63, 3.8) is 0 Å². The first-order chi connectivity index (χ1) is 6.83. The molecule has 6 N–H and O–H groups in total. The highest BCUT2D eigenvalue weighted by atomic mass is 32.2. The summed E-state index contributed by atoms with van der Waals surface area (Å²) >= 11 is 0. The van der Waals surface area contributed by atoms with Gasteiger partial charge >= 0.3 is 0 Å². The topological polar surface area (TPSA) is 125 Å². The Balaban J connectivity index is 3.35. The molecule has 0 saturated heterocycles. The molecule has 0 saturated carbocycles. The lowest BCUT2D eigenvalue weighted by molar-refractivity contribution is 0.597. The van der Waals surface area contributed by atoms with Crippen molar-refractivity contribution in [2.75, 3.05) is 5.73 Å². The van der Waals surface area contributed by atoms with Gasteiger partial charge in [0.25, 0.3) is 10.0 Å². The number of hydrogen-bond donors (Lipinski definition) is 3. The van der Waals surface area contributed by atoms with Crippen molar-refractivity contribution in [1.82, 2.24) is 0 Å². The molecule has 7 heteroatoms. The summed E-state index contributed by atoms with van der Waals surface area (Å²) in [7, 11) is -3.82. The maximum absolute atomic E-state index is 11.6. The van der Waals surface area contributed by atoms with E-state index in [9.17, 15) is 8.42 Å². The first-order valence-electron chi connectivity index (χ1n) is 4.05. The Hall–Kier alpha value is -1.76. The summed E-state index contributed by atoms with van der Waals surface area (Å²) in [5.41, 5.74) is 16.5. The average molecular weight is 228 g/mol. The molecule has 0 atom stereocenters. The van der Waals surface area contributed by atoms with Crippen LogP contribution in [-0.2, 0) is 10.0 Å². The first kappa shape index (κ1) is 11.3. The zero-order chi connectivity index (χ0) is 11.6. The second-order valence-electron chi connectivity index (χ2n) is 3.02. The zero-order valence-corrected chi connectivity index (χ0v) is 8.95. The molecule has 0 aliphatic rings. The predicted molar refractivity (Wildman–Crippen MR) is 58.6 cm³/mol. The van der Waals surface area contributed by atoms with Gasteiger partial charge in [-0.3, -0.25) is 0 Å². The maximum Gasteiger partial charge on any atom is 0.285 e. The van der Waals surface area contributed by atoms with Gasteiger partial charge in [-0.25, -0.2) is 0 Å². The number of benzene rings is 1. The fourth-order valence-electron chi connectivity index (χ4n) is 1.15. The quantitative estimate of drug-likeness (QED) is 0.359. The number of aryl methyl sites for hydroxylation is 1. The van der Waals surface area contributed by atoms with Crippen molar-refractivity contribution < 1.29 is 8.42 Å². The van der Waals surface area contributed by atoms with Gasteiger partial charge in [-0.05, 0) is 30.7 Å². The largest absolute Gasteiger partial charge is 0.399 e. The third-order valence-corrected chi connectivity index (χ3v) is 3.17. The Morgan fingerprint density at radius 1 is 1.33 bits per heavy atom. The number of sulfonamides is 1. The van der Waals surface area contributed by atoms with Crippen LogP contribution in [0.4, 0.5) is 5.69 Å². The predicted octanol–water partition coefficient (Wildman–Crippen LogP) is -0.461. The standard InChI is InChI=1S/C8H12N4O2S/c1-5-4-6(9)2-3-7(5)15(13,14)12-8(10)11/h2-4H,9H2,1H3,(H4,10,11,12). The van der Waals surface area contributed by atoms with E-state index in [4.69, 9.17) is 17.2 Å². The van der Waals surface area contributed by atoms with E-state index in [1.54, 1.807) is 6.92 Å². The SMILES string of the molecule is Cc1cc(N)ccc1S(=O)(=O)N=C(N)N. The van der Waals surface area contributed by atoms with Crippen LogP contribution in [-0.4, -0.2) is 14.4 Å². The first-order valence-corrected chi connectivity index (χ1v) is 5.49. The van der Waals surface area contributed by atoms with Crippen molar-refractivity contribution in [1.29, 1.82) is 0 Å².